The van der Waals surface area contributed by atoms with Crippen molar-refractivity contribution in [2.24, 2.45) is 5.92 Å². The maximum atomic E-state index is 5.54. The Morgan fingerprint density at radius 3 is 2.94 bits per heavy atom. The molecular formula is C16H25NO. The third-order valence-corrected chi connectivity index (χ3v) is 4.02. The Bertz CT molecular complexity index is 389. The van der Waals surface area contributed by atoms with E-state index in [2.05, 4.69) is 44.3 Å². The summed E-state index contributed by atoms with van der Waals surface area (Å²) in [5, 5.41) is 3.50. The Hall–Kier alpha value is -1.02. The van der Waals surface area contributed by atoms with Crippen LogP contribution in [0.15, 0.2) is 18.2 Å². The second-order valence-corrected chi connectivity index (χ2v) is 5.40. The van der Waals surface area contributed by atoms with Gasteiger partial charge in [-0.2, -0.15) is 0 Å². The molecule has 0 saturated carbocycles. The molecule has 100 valence electrons. The van der Waals surface area contributed by atoms with Crippen LogP contribution in [0.4, 0.5) is 0 Å². The SMILES string of the molecule is CCNC(C)C(C)CCc1ccc2c(c1)CCO2. The van der Waals surface area contributed by atoms with E-state index in [-0.39, 0.29) is 0 Å². The van der Waals surface area contributed by atoms with Crippen LogP contribution in [0, 0.1) is 5.92 Å². The van der Waals surface area contributed by atoms with Crippen LogP contribution < -0.4 is 10.1 Å². The fraction of sp³-hybridized carbons (Fsp3) is 0.625. The third-order valence-electron chi connectivity index (χ3n) is 4.02. The van der Waals surface area contributed by atoms with Crippen molar-refractivity contribution in [1.82, 2.24) is 5.32 Å². The summed E-state index contributed by atoms with van der Waals surface area (Å²) in [6.07, 6.45) is 3.49. The molecule has 0 radical (unpaired) electrons. The molecule has 18 heavy (non-hydrogen) atoms. The molecule has 0 amide bonds. The molecule has 2 unspecified atom stereocenters. The first-order chi connectivity index (χ1) is 8.70. The summed E-state index contributed by atoms with van der Waals surface area (Å²) in [5.74, 6) is 1.81. The molecule has 0 saturated heterocycles. The van der Waals surface area contributed by atoms with Crippen molar-refractivity contribution >= 4 is 0 Å². The van der Waals surface area contributed by atoms with Gasteiger partial charge in [-0.15, -0.1) is 0 Å². The fourth-order valence-electron chi connectivity index (χ4n) is 2.56. The van der Waals surface area contributed by atoms with Gasteiger partial charge in [-0.05, 0) is 49.4 Å². The van der Waals surface area contributed by atoms with E-state index >= 15 is 0 Å². The zero-order valence-corrected chi connectivity index (χ0v) is 11.8. The van der Waals surface area contributed by atoms with E-state index < -0.39 is 0 Å². The predicted molar refractivity (Wildman–Crippen MR) is 76.3 cm³/mol. The Labute approximate surface area is 111 Å². The topological polar surface area (TPSA) is 21.3 Å². The first-order valence-corrected chi connectivity index (χ1v) is 7.18. The van der Waals surface area contributed by atoms with E-state index in [1.165, 1.54) is 24.0 Å². The lowest BCUT2D eigenvalue weighted by Crippen LogP contribution is -2.32. The number of aryl methyl sites for hydroxylation is 1. The molecule has 0 aliphatic carbocycles. The summed E-state index contributed by atoms with van der Waals surface area (Å²) in [6.45, 7) is 8.70. The summed E-state index contributed by atoms with van der Waals surface area (Å²) in [7, 11) is 0. The van der Waals surface area contributed by atoms with Crippen LogP contribution in [0.2, 0.25) is 0 Å². The largest absolute Gasteiger partial charge is 0.493 e. The van der Waals surface area contributed by atoms with E-state index in [1.54, 1.807) is 0 Å². The van der Waals surface area contributed by atoms with E-state index in [1.807, 2.05) is 0 Å². The molecule has 2 heteroatoms. The smallest absolute Gasteiger partial charge is 0.122 e. The molecule has 0 aromatic heterocycles. The highest BCUT2D eigenvalue weighted by Crippen LogP contribution is 2.26. The lowest BCUT2D eigenvalue weighted by molar-refractivity contribution is 0.356. The summed E-state index contributed by atoms with van der Waals surface area (Å²) in [4.78, 5) is 0. The van der Waals surface area contributed by atoms with Gasteiger partial charge in [0.25, 0.3) is 0 Å². The molecule has 2 atom stereocenters. The zero-order chi connectivity index (χ0) is 13.0. The first kappa shape index (κ1) is 13.4. The number of rotatable bonds is 6. The second-order valence-electron chi connectivity index (χ2n) is 5.40. The van der Waals surface area contributed by atoms with Crippen molar-refractivity contribution in [2.75, 3.05) is 13.2 Å². The average Bonchev–Trinajstić information content (AvgIpc) is 2.83. The minimum absolute atomic E-state index is 0.604. The zero-order valence-electron chi connectivity index (χ0n) is 11.8. The summed E-state index contributed by atoms with van der Waals surface area (Å²) in [5.41, 5.74) is 2.84. The standard InChI is InChI=1S/C16H25NO/c1-4-17-13(3)12(2)5-6-14-7-8-16-15(11-14)9-10-18-16/h7-8,11-13,17H,4-6,9-10H2,1-3H3. The van der Waals surface area contributed by atoms with Gasteiger partial charge >= 0.3 is 0 Å². The highest BCUT2D eigenvalue weighted by atomic mass is 16.5. The molecule has 0 spiro atoms. The summed E-state index contributed by atoms with van der Waals surface area (Å²) in [6, 6.07) is 7.28. The molecule has 1 N–H and O–H groups in total. The number of fused-ring (bicyclic) bond motifs is 1. The van der Waals surface area contributed by atoms with Crippen LogP contribution in [0.1, 0.15) is 38.3 Å². The minimum Gasteiger partial charge on any atom is -0.493 e. The van der Waals surface area contributed by atoms with Gasteiger partial charge in [-0.25, -0.2) is 0 Å². The van der Waals surface area contributed by atoms with E-state index in [9.17, 15) is 0 Å². The average molecular weight is 247 g/mol. The van der Waals surface area contributed by atoms with Gasteiger partial charge < -0.3 is 10.1 Å². The molecule has 1 aliphatic heterocycles. The molecule has 1 aliphatic rings. The number of nitrogens with one attached hydrogen (secondary N) is 1. The lowest BCUT2D eigenvalue weighted by atomic mass is 9.94. The Morgan fingerprint density at radius 1 is 1.33 bits per heavy atom. The molecule has 0 fully saturated rings. The summed E-state index contributed by atoms with van der Waals surface area (Å²) >= 11 is 0. The molecule has 1 aromatic rings. The van der Waals surface area contributed by atoms with E-state index in [0.29, 0.717) is 6.04 Å². The number of benzene rings is 1. The van der Waals surface area contributed by atoms with Crippen LogP contribution in [0.5, 0.6) is 5.75 Å². The normalized spacial score (nSPS) is 17.1. The maximum Gasteiger partial charge on any atom is 0.122 e. The van der Waals surface area contributed by atoms with Gasteiger partial charge in [-0.3, -0.25) is 0 Å². The Morgan fingerprint density at radius 2 is 2.17 bits per heavy atom. The van der Waals surface area contributed by atoms with Crippen LogP contribution in [0.3, 0.4) is 0 Å². The number of hydrogen-bond donors (Lipinski definition) is 1. The van der Waals surface area contributed by atoms with Gasteiger partial charge in [0.2, 0.25) is 0 Å². The van der Waals surface area contributed by atoms with Crippen LogP contribution in [0.25, 0.3) is 0 Å². The van der Waals surface area contributed by atoms with Gasteiger partial charge in [-0.1, -0.05) is 26.0 Å². The lowest BCUT2D eigenvalue weighted by Gasteiger charge is -2.20. The van der Waals surface area contributed by atoms with Gasteiger partial charge in [0.1, 0.15) is 5.75 Å². The molecule has 1 aromatic carbocycles. The third kappa shape index (κ3) is 3.26. The highest BCUT2D eigenvalue weighted by molar-refractivity contribution is 5.39. The molecular weight excluding hydrogens is 222 g/mol. The first-order valence-electron chi connectivity index (χ1n) is 7.18. The molecule has 0 bridgehead atoms. The van der Waals surface area contributed by atoms with Crippen LogP contribution in [-0.2, 0) is 12.8 Å². The number of hydrogen-bond acceptors (Lipinski definition) is 2. The number of ether oxygens (including phenoxy) is 1. The van der Waals surface area contributed by atoms with Gasteiger partial charge in [0.05, 0.1) is 6.61 Å². The minimum atomic E-state index is 0.604. The van der Waals surface area contributed by atoms with Crippen molar-refractivity contribution in [1.29, 1.82) is 0 Å². The van der Waals surface area contributed by atoms with Gasteiger partial charge in [0, 0.05) is 12.5 Å². The summed E-state index contributed by atoms with van der Waals surface area (Å²) < 4.78 is 5.54. The van der Waals surface area contributed by atoms with Crippen molar-refractivity contribution in [3.8, 4) is 5.75 Å². The quantitative estimate of drug-likeness (QED) is 0.833. The Kier molecular flexibility index (Phi) is 4.65. The van der Waals surface area contributed by atoms with Gasteiger partial charge in [0.15, 0.2) is 0 Å². The van der Waals surface area contributed by atoms with Crippen molar-refractivity contribution in [2.45, 2.75) is 46.1 Å². The Balaban J connectivity index is 1.86. The predicted octanol–water partition coefficient (Wildman–Crippen LogP) is 3.19. The van der Waals surface area contributed by atoms with Crippen molar-refractivity contribution in [3.63, 3.8) is 0 Å². The molecule has 2 rings (SSSR count). The van der Waals surface area contributed by atoms with E-state index in [4.69, 9.17) is 4.74 Å². The fourth-order valence-corrected chi connectivity index (χ4v) is 2.56. The van der Waals surface area contributed by atoms with Crippen LogP contribution >= 0.6 is 0 Å². The van der Waals surface area contributed by atoms with Crippen LogP contribution in [-0.4, -0.2) is 19.2 Å². The highest BCUT2D eigenvalue weighted by Gasteiger charge is 2.14. The maximum absolute atomic E-state index is 5.54. The monoisotopic (exact) mass is 247 g/mol. The second kappa shape index (κ2) is 6.24. The molecule has 1 heterocycles. The van der Waals surface area contributed by atoms with Crippen molar-refractivity contribution in [3.05, 3.63) is 29.3 Å². The van der Waals surface area contributed by atoms with E-state index in [0.717, 1.165) is 31.2 Å². The molecule has 2 nitrogen and oxygen atoms in total. The van der Waals surface area contributed by atoms with Crippen molar-refractivity contribution < 1.29 is 4.74 Å².